The van der Waals surface area contributed by atoms with Crippen molar-refractivity contribution in [2.75, 3.05) is 6.61 Å². The highest BCUT2D eigenvalue weighted by atomic mass is 79.9. The highest BCUT2D eigenvalue weighted by Gasteiger charge is 2.17. The number of phenols is 1. The molecule has 0 amide bonds. The molecule has 9 heteroatoms. The van der Waals surface area contributed by atoms with E-state index in [1.54, 1.807) is 19.1 Å². The highest BCUT2D eigenvalue weighted by Crippen LogP contribution is 2.41. The fourth-order valence-electron chi connectivity index (χ4n) is 2.87. The minimum absolute atomic E-state index is 0.0220. The number of nitrogens with zero attached hydrogens (tertiary/aromatic N) is 3. The molecule has 1 atom stereocenters. The molecule has 2 aromatic carbocycles. The summed E-state index contributed by atoms with van der Waals surface area (Å²) in [6.45, 7) is 6.20. The number of hydrogen-bond acceptors (Lipinski definition) is 5. The molecule has 1 N–H and O–H groups in total. The molecular weight excluding hydrogens is 538 g/mol. The van der Waals surface area contributed by atoms with Gasteiger partial charge in [0.2, 0.25) is 0 Å². The average molecular weight is 558 g/mol. The number of phenolic OH excluding ortho intramolecular Hbond substituents is 1. The molecule has 0 saturated heterocycles. The number of ether oxygens (including phenoxy) is 1. The van der Waals surface area contributed by atoms with Gasteiger partial charge in [0.25, 0.3) is 5.56 Å². The first-order valence-electron chi connectivity index (χ1n) is 9.38. The second kappa shape index (κ2) is 9.49. The molecular formula is C21H20Br2ClN3O3. The van der Waals surface area contributed by atoms with Gasteiger partial charge in [-0.2, -0.15) is 9.78 Å². The summed E-state index contributed by atoms with van der Waals surface area (Å²) >= 11 is 13.0. The Morgan fingerprint density at radius 1 is 1.33 bits per heavy atom. The summed E-state index contributed by atoms with van der Waals surface area (Å²) < 4.78 is 7.99. The topological polar surface area (TPSA) is 76.7 Å². The molecule has 0 unspecified atom stereocenters. The predicted molar refractivity (Wildman–Crippen MR) is 127 cm³/mol. The molecule has 0 saturated carbocycles. The third-order valence-electron chi connectivity index (χ3n) is 4.67. The van der Waals surface area contributed by atoms with Crippen LogP contribution in [0.4, 0.5) is 0 Å². The molecule has 0 bridgehead atoms. The van der Waals surface area contributed by atoms with Crippen molar-refractivity contribution in [1.82, 2.24) is 9.66 Å². The fraction of sp³-hybridized carbons (Fsp3) is 0.286. The van der Waals surface area contributed by atoms with Crippen LogP contribution in [0.2, 0.25) is 5.02 Å². The van der Waals surface area contributed by atoms with Crippen LogP contribution in [0.1, 0.15) is 44.5 Å². The van der Waals surface area contributed by atoms with Crippen molar-refractivity contribution in [3.63, 3.8) is 0 Å². The van der Waals surface area contributed by atoms with Crippen molar-refractivity contribution in [1.29, 1.82) is 0 Å². The van der Waals surface area contributed by atoms with Crippen LogP contribution in [-0.2, 0) is 0 Å². The van der Waals surface area contributed by atoms with Crippen molar-refractivity contribution in [2.24, 2.45) is 5.10 Å². The molecule has 0 aliphatic rings. The first-order chi connectivity index (χ1) is 14.3. The Balaban J connectivity index is 2.21. The zero-order valence-electron chi connectivity index (χ0n) is 16.6. The van der Waals surface area contributed by atoms with E-state index < -0.39 is 0 Å². The van der Waals surface area contributed by atoms with Gasteiger partial charge in [0.1, 0.15) is 10.8 Å². The zero-order valence-corrected chi connectivity index (χ0v) is 20.5. The predicted octanol–water partition coefficient (Wildman–Crippen LogP) is 6.07. The minimum atomic E-state index is -0.265. The summed E-state index contributed by atoms with van der Waals surface area (Å²) in [6.07, 6.45) is 2.30. The quantitative estimate of drug-likeness (QED) is 0.373. The lowest BCUT2D eigenvalue weighted by molar-refractivity contribution is 0.318. The maximum absolute atomic E-state index is 13.2. The molecule has 30 heavy (non-hydrogen) atoms. The van der Waals surface area contributed by atoms with Gasteiger partial charge in [0, 0.05) is 20.4 Å². The van der Waals surface area contributed by atoms with Crippen molar-refractivity contribution in [3.05, 3.63) is 60.0 Å². The number of hydrogen-bond donors (Lipinski definition) is 1. The van der Waals surface area contributed by atoms with Crippen LogP contribution >= 0.6 is 43.5 Å². The average Bonchev–Trinajstić information content (AvgIpc) is 2.74. The van der Waals surface area contributed by atoms with Gasteiger partial charge in [-0.15, -0.1) is 0 Å². The summed E-state index contributed by atoms with van der Waals surface area (Å²) in [7, 11) is 0. The van der Waals surface area contributed by atoms with E-state index in [2.05, 4.69) is 41.9 Å². The third-order valence-corrected chi connectivity index (χ3v) is 6.62. The lowest BCUT2D eigenvalue weighted by Crippen LogP contribution is -2.23. The standard InChI is InChI=1S/C21H20Br2ClN3O3/c1-4-11(3)20-26-15-7-6-13(22)9-14(15)21(29)27(20)25-10-12-8-16(30-5-2)19(28)18(24)17(12)23/h6-11,28H,4-5H2,1-3H3/t11-/m0/s1. The van der Waals surface area contributed by atoms with E-state index in [1.165, 1.54) is 10.9 Å². The van der Waals surface area contributed by atoms with Crippen LogP contribution in [0.15, 0.2) is 43.1 Å². The molecule has 0 spiro atoms. The van der Waals surface area contributed by atoms with Crippen molar-refractivity contribution >= 4 is 60.6 Å². The zero-order chi connectivity index (χ0) is 22.0. The van der Waals surface area contributed by atoms with Gasteiger partial charge in [0.15, 0.2) is 11.5 Å². The van der Waals surface area contributed by atoms with Crippen molar-refractivity contribution < 1.29 is 9.84 Å². The van der Waals surface area contributed by atoms with Gasteiger partial charge in [-0.1, -0.05) is 41.4 Å². The molecule has 158 valence electrons. The molecule has 6 nitrogen and oxygen atoms in total. The lowest BCUT2D eigenvalue weighted by Gasteiger charge is -2.14. The van der Waals surface area contributed by atoms with E-state index in [0.717, 1.165) is 10.9 Å². The summed E-state index contributed by atoms with van der Waals surface area (Å²) in [5, 5.41) is 15.2. The summed E-state index contributed by atoms with van der Waals surface area (Å²) in [5.41, 5.74) is 0.911. The van der Waals surface area contributed by atoms with E-state index in [4.69, 9.17) is 16.3 Å². The van der Waals surface area contributed by atoms with Gasteiger partial charge >= 0.3 is 0 Å². The number of fused-ring (bicyclic) bond motifs is 1. The van der Waals surface area contributed by atoms with E-state index in [0.29, 0.717) is 33.4 Å². The first-order valence-corrected chi connectivity index (χ1v) is 11.3. The van der Waals surface area contributed by atoms with Crippen molar-refractivity contribution in [2.45, 2.75) is 33.1 Å². The monoisotopic (exact) mass is 555 g/mol. The molecule has 0 radical (unpaired) electrons. The molecule has 0 fully saturated rings. The molecule has 1 heterocycles. The van der Waals surface area contributed by atoms with Gasteiger partial charge in [-0.25, -0.2) is 4.98 Å². The number of benzene rings is 2. The smallest absolute Gasteiger partial charge is 0.282 e. The van der Waals surface area contributed by atoms with Crippen LogP contribution < -0.4 is 10.3 Å². The second-order valence-corrected chi connectivity index (χ2v) is 8.76. The van der Waals surface area contributed by atoms with Crippen LogP contribution in [-0.4, -0.2) is 27.6 Å². The molecule has 1 aromatic heterocycles. The summed E-state index contributed by atoms with van der Waals surface area (Å²) in [6, 6.07) is 7.01. The van der Waals surface area contributed by atoms with Crippen LogP contribution in [0.25, 0.3) is 10.9 Å². The Morgan fingerprint density at radius 2 is 2.07 bits per heavy atom. The Hall–Kier alpha value is -1.90. The number of aromatic hydroxyl groups is 1. The molecule has 3 aromatic rings. The Kier molecular flexibility index (Phi) is 7.21. The minimum Gasteiger partial charge on any atom is -0.503 e. The molecule has 0 aliphatic heterocycles. The van der Waals surface area contributed by atoms with Crippen molar-refractivity contribution in [3.8, 4) is 11.5 Å². The fourth-order valence-corrected chi connectivity index (χ4v) is 3.84. The molecule has 0 aliphatic carbocycles. The molecule has 3 rings (SSSR count). The SMILES string of the molecule is CCOc1cc(C=Nn2c([C@@H](C)CC)nc3ccc(Br)cc3c2=O)c(Br)c(Cl)c1O. The summed E-state index contributed by atoms with van der Waals surface area (Å²) in [5.74, 6) is 0.674. The normalized spacial score (nSPS) is 12.6. The van der Waals surface area contributed by atoms with Crippen LogP contribution in [0.5, 0.6) is 11.5 Å². The highest BCUT2D eigenvalue weighted by molar-refractivity contribution is 9.10. The number of rotatable bonds is 6. The van der Waals surface area contributed by atoms with E-state index >= 15 is 0 Å². The first kappa shape index (κ1) is 22.8. The maximum atomic E-state index is 13.2. The maximum Gasteiger partial charge on any atom is 0.282 e. The van der Waals surface area contributed by atoms with Gasteiger partial charge in [-0.3, -0.25) is 4.79 Å². The van der Waals surface area contributed by atoms with E-state index in [1.807, 2.05) is 26.0 Å². The Labute approximate surface area is 195 Å². The Morgan fingerprint density at radius 3 is 2.73 bits per heavy atom. The van der Waals surface area contributed by atoms with Gasteiger partial charge < -0.3 is 9.84 Å². The van der Waals surface area contributed by atoms with Gasteiger partial charge in [-0.05, 0) is 53.5 Å². The van der Waals surface area contributed by atoms with Crippen LogP contribution in [0, 0.1) is 0 Å². The van der Waals surface area contributed by atoms with E-state index in [-0.39, 0.29) is 28.0 Å². The summed E-state index contributed by atoms with van der Waals surface area (Å²) in [4.78, 5) is 17.9. The van der Waals surface area contributed by atoms with Crippen LogP contribution in [0.3, 0.4) is 0 Å². The van der Waals surface area contributed by atoms with Gasteiger partial charge in [0.05, 0.1) is 23.7 Å². The Bertz CT molecular complexity index is 1190. The second-order valence-electron chi connectivity index (χ2n) is 6.68. The lowest BCUT2D eigenvalue weighted by atomic mass is 10.1. The third kappa shape index (κ3) is 4.40. The number of halogens is 3. The largest absolute Gasteiger partial charge is 0.503 e. The number of aromatic nitrogens is 2. The van der Waals surface area contributed by atoms with E-state index in [9.17, 15) is 9.90 Å².